The molecule has 0 aliphatic carbocycles. The fourth-order valence-corrected chi connectivity index (χ4v) is 4.52. The maximum atomic E-state index is 12.7. The number of alkyl halides is 1. The monoisotopic (exact) mass is 446 g/mol. The fraction of sp³-hybridized carbons (Fsp3) is 0.200. The second kappa shape index (κ2) is 7.02. The molecule has 1 amide bonds. The lowest BCUT2D eigenvalue weighted by atomic mass is 9.88. The van der Waals surface area contributed by atoms with Crippen molar-refractivity contribution in [2.75, 3.05) is 5.88 Å². The van der Waals surface area contributed by atoms with Crippen molar-refractivity contribution in [3.05, 3.63) is 69.8 Å². The van der Waals surface area contributed by atoms with Crippen molar-refractivity contribution in [2.45, 2.75) is 18.5 Å². The standard InChI is InChI=1S/C20H16BrClN2O3/c21-14-7-3-1-6-12(14)19-18-13(11-5-2-4-8-15(11)23-18)9-16(20(26)27)24(19)17(25)10-22/h1-8,16,19,23H,9-10H2,(H,26,27)/t16-,19+/m1/s1. The third-order valence-electron chi connectivity index (χ3n) is 5.02. The molecule has 0 radical (unpaired) electrons. The number of amides is 1. The van der Waals surface area contributed by atoms with Crippen LogP contribution in [0.4, 0.5) is 0 Å². The number of carboxylic acids is 1. The number of para-hydroxylation sites is 1. The van der Waals surface area contributed by atoms with E-state index in [0.717, 1.165) is 32.2 Å². The van der Waals surface area contributed by atoms with E-state index >= 15 is 0 Å². The third kappa shape index (κ3) is 2.93. The second-order valence-electron chi connectivity index (χ2n) is 6.48. The molecule has 4 rings (SSSR count). The number of nitrogens with one attached hydrogen (secondary N) is 1. The summed E-state index contributed by atoms with van der Waals surface area (Å²) in [6.07, 6.45) is 0.234. The van der Waals surface area contributed by atoms with Crippen molar-refractivity contribution >= 4 is 50.3 Å². The molecule has 2 atom stereocenters. The largest absolute Gasteiger partial charge is 0.480 e. The Bertz CT molecular complexity index is 1050. The molecule has 0 fully saturated rings. The minimum atomic E-state index is -1.04. The molecule has 0 unspecified atom stereocenters. The van der Waals surface area contributed by atoms with Crippen molar-refractivity contribution in [3.63, 3.8) is 0 Å². The average Bonchev–Trinajstić information content (AvgIpc) is 3.05. The lowest BCUT2D eigenvalue weighted by Crippen LogP contribution is -2.52. The van der Waals surface area contributed by atoms with E-state index in [1.54, 1.807) is 0 Å². The van der Waals surface area contributed by atoms with E-state index in [-0.39, 0.29) is 12.3 Å². The number of aromatic amines is 1. The van der Waals surface area contributed by atoms with E-state index in [1.165, 1.54) is 4.90 Å². The molecule has 2 aromatic carbocycles. The molecule has 0 saturated heterocycles. The minimum Gasteiger partial charge on any atom is -0.480 e. The highest BCUT2D eigenvalue weighted by molar-refractivity contribution is 9.10. The number of hydrogen-bond acceptors (Lipinski definition) is 2. The highest BCUT2D eigenvalue weighted by atomic mass is 79.9. The van der Waals surface area contributed by atoms with Crippen LogP contribution in [0.5, 0.6) is 0 Å². The van der Waals surface area contributed by atoms with Gasteiger partial charge in [0.25, 0.3) is 0 Å². The predicted molar refractivity (Wildman–Crippen MR) is 107 cm³/mol. The van der Waals surface area contributed by atoms with Crippen LogP contribution in [0.15, 0.2) is 53.0 Å². The van der Waals surface area contributed by atoms with Gasteiger partial charge in [-0.3, -0.25) is 4.79 Å². The first-order valence-electron chi connectivity index (χ1n) is 8.46. The lowest BCUT2D eigenvalue weighted by molar-refractivity contribution is -0.151. The van der Waals surface area contributed by atoms with Gasteiger partial charge in [0, 0.05) is 27.5 Å². The summed E-state index contributed by atoms with van der Waals surface area (Å²) in [5.41, 5.74) is 3.50. The van der Waals surface area contributed by atoms with Crippen LogP contribution in [0.3, 0.4) is 0 Å². The van der Waals surface area contributed by atoms with E-state index in [1.807, 2.05) is 48.5 Å². The molecule has 2 N–H and O–H groups in total. The number of carboxylic acid groups (broad SMARTS) is 1. The molecule has 0 spiro atoms. The Kier molecular flexibility index (Phi) is 4.70. The summed E-state index contributed by atoms with van der Waals surface area (Å²) in [6, 6.07) is 13.7. The van der Waals surface area contributed by atoms with Crippen LogP contribution in [0, 0.1) is 0 Å². The number of benzene rings is 2. The SMILES string of the molecule is O=C(O)[C@H]1Cc2c([nH]c3ccccc23)[C@H](c2ccccc2Br)N1C(=O)CCl. The first kappa shape index (κ1) is 18.1. The highest BCUT2D eigenvalue weighted by Gasteiger charge is 2.43. The van der Waals surface area contributed by atoms with E-state index in [0.29, 0.717) is 0 Å². The first-order valence-corrected chi connectivity index (χ1v) is 9.79. The molecule has 27 heavy (non-hydrogen) atoms. The molecule has 138 valence electrons. The van der Waals surface area contributed by atoms with Crippen LogP contribution in [-0.4, -0.2) is 38.8 Å². The Morgan fingerprint density at radius 2 is 1.89 bits per heavy atom. The fourth-order valence-electron chi connectivity index (χ4n) is 3.88. The number of aromatic nitrogens is 1. The van der Waals surface area contributed by atoms with E-state index in [9.17, 15) is 14.7 Å². The number of carbonyl (C=O) groups is 2. The van der Waals surface area contributed by atoms with Crippen LogP contribution >= 0.6 is 27.5 Å². The Labute approximate surface area is 169 Å². The zero-order valence-corrected chi connectivity index (χ0v) is 16.5. The van der Waals surface area contributed by atoms with Gasteiger partial charge in [0.05, 0.1) is 6.04 Å². The van der Waals surface area contributed by atoms with Gasteiger partial charge >= 0.3 is 5.97 Å². The molecule has 1 aliphatic rings. The average molecular weight is 448 g/mol. The van der Waals surface area contributed by atoms with Crippen LogP contribution in [0.2, 0.25) is 0 Å². The van der Waals surface area contributed by atoms with Crippen LogP contribution in [-0.2, 0) is 16.0 Å². The zero-order valence-electron chi connectivity index (χ0n) is 14.2. The molecule has 2 heterocycles. The number of H-pyrrole nitrogens is 1. The number of hydrogen-bond donors (Lipinski definition) is 2. The van der Waals surface area contributed by atoms with E-state index < -0.39 is 24.0 Å². The lowest BCUT2D eigenvalue weighted by Gasteiger charge is -2.40. The number of rotatable bonds is 3. The van der Waals surface area contributed by atoms with Crippen molar-refractivity contribution in [1.29, 1.82) is 0 Å². The normalized spacial score (nSPS) is 19.1. The van der Waals surface area contributed by atoms with Gasteiger partial charge in [0.15, 0.2) is 0 Å². The van der Waals surface area contributed by atoms with Crippen molar-refractivity contribution in [2.24, 2.45) is 0 Å². The quantitative estimate of drug-likeness (QED) is 0.594. The first-order chi connectivity index (χ1) is 13.0. The topological polar surface area (TPSA) is 73.4 Å². The molecule has 0 saturated carbocycles. The predicted octanol–water partition coefficient (Wildman–Crippen LogP) is 4.10. The third-order valence-corrected chi connectivity index (χ3v) is 5.97. The number of fused-ring (bicyclic) bond motifs is 3. The van der Waals surface area contributed by atoms with Crippen molar-refractivity contribution in [3.8, 4) is 0 Å². The Morgan fingerprint density at radius 3 is 2.59 bits per heavy atom. The van der Waals surface area contributed by atoms with Gasteiger partial charge in [-0.25, -0.2) is 4.79 Å². The summed E-state index contributed by atoms with van der Waals surface area (Å²) in [6.45, 7) is 0. The summed E-state index contributed by atoms with van der Waals surface area (Å²) < 4.78 is 0.804. The summed E-state index contributed by atoms with van der Waals surface area (Å²) in [7, 11) is 0. The van der Waals surface area contributed by atoms with Gasteiger partial charge in [-0.2, -0.15) is 0 Å². The van der Waals surface area contributed by atoms with Crippen LogP contribution in [0.25, 0.3) is 10.9 Å². The number of carbonyl (C=O) groups excluding carboxylic acids is 1. The Hall–Kier alpha value is -2.31. The van der Waals surface area contributed by atoms with E-state index in [4.69, 9.17) is 11.6 Å². The maximum absolute atomic E-state index is 12.7. The molecule has 7 heteroatoms. The summed E-state index contributed by atoms with van der Waals surface area (Å²) in [5, 5.41) is 10.8. The molecule has 1 aromatic heterocycles. The Balaban J connectivity index is 2.02. The Morgan fingerprint density at radius 1 is 1.19 bits per heavy atom. The van der Waals surface area contributed by atoms with Crippen LogP contribution in [0.1, 0.15) is 22.9 Å². The summed E-state index contributed by atoms with van der Waals surface area (Å²) >= 11 is 9.40. The highest BCUT2D eigenvalue weighted by Crippen LogP contribution is 2.42. The van der Waals surface area contributed by atoms with Gasteiger partial charge in [-0.1, -0.05) is 52.3 Å². The summed E-state index contributed by atoms with van der Waals surface area (Å²) in [4.78, 5) is 29.6. The number of halogens is 2. The van der Waals surface area contributed by atoms with Crippen molar-refractivity contribution in [1.82, 2.24) is 9.88 Å². The number of aliphatic carboxylic acids is 1. The number of nitrogens with zero attached hydrogens (tertiary/aromatic N) is 1. The summed E-state index contributed by atoms with van der Waals surface area (Å²) in [5.74, 6) is -1.73. The molecule has 3 aromatic rings. The molecular formula is C20H16BrClN2O3. The van der Waals surface area contributed by atoms with Crippen molar-refractivity contribution < 1.29 is 14.7 Å². The van der Waals surface area contributed by atoms with Gasteiger partial charge in [0.2, 0.25) is 5.91 Å². The molecular weight excluding hydrogens is 432 g/mol. The maximum Gasteiger partial charge on any atom is 0.326 e. The zero-order chi connectivity index (χ0) is 19.1. The minimum absolute atomic E-state index is 0.234. The van der Waals surface area contributed by atoms with Gasteiger partial charge in [-0.15, -0.1) is 11.6 Å². The van der Waals surface area contributed by atoms with E-state index in [2.05, 4.69) is 20.9 Å². The van der Waals surface area contributed by atoms with Gasteiger partial charge in [-0.05, 0) is 23.3 Å². The smallest absolute Gasteiger partial charge is 0.326 e. The molecule has 5 nitrogen and oxygen atoms in total. The molecule has 0 bridgehead atoms. The van der Waals surface area contributed by atoms with Crippen LogP contribution < -0.4 is 0 Å². The van der Waals surface area contributed by atoms with Gasteiger partial charge < -0.3 is 15.0 Å². The van der Waals surface area contributed by atoms with Gasteiger partial charge in [0.1, 0.15) is 11.9 Å². The second-order valence-corrected chi connectivity index (χ2v) is 7.60. The molecule has 1 aliphatic heterocycles.